The number of phenols is 1. The number of aromatic hydroxyl groups is 1. The molecule has 122 valence electrons. The number of nitrogens with zero attached hydrogens (tertiary/aromatic N) is 1. The molecule has 0 saturated carbocycles. The van der Waals surface area contributed by atoms with Crippen molar-refractivity contribution in [1.29, 1.82) is 0 Å². The molecule has 1 atom stereocenters. The molecule has 0 spiro atoms. The Kier molecular flexibility index (Phi) is 6.10. The molecule has 0 unspecified atom stereocenters. The third-order valence-electron chi connectivity index (χ3n) is 4.48. The molecule has 4 nitrogen and oxygen atoms in total. The Morgan fingerprint density at radius 1 is 1.27 bits per heavy atom. The number of likely N-dealkylation sites (N-methyl/N-ethyl adjacent to an activating group) is 1. The van der Waals surface area contributed by atoms with Crippen molar-refractivity contribution < 1.29 is 14.6 Å². The second kappa shape index (κ2) is 8.06. The molecule has 0 aromatic heterocycles. The minimum atomic E-state index is -0.245. The van der Waals surface area contributed by atoms with Crippen LogP contribution in [0.3, 0.4) is 0 Å². The van der Waals surface area contributed by atoms with Gasteiger partial charge in [0.2, 0.25) is 0 Å². The number of ether oxygens (including phenoxy) is 1. The molecular weight excluding hydrogens is 278 g/mol. The van der Waals surface area contributed by atoms with Crippen LogP contribution in [0, 0.1) is 0 Å². The number of hydrogen-bond donors (Lipinski definition) is 1. The zero-order chi connectivity index (χ0) is 15.9. The fraction of sp³-hybridized carbons (Fsp3) is 0.611. The summed E-state index contributed by atoms with van der Waals surface area (Å²) in [6.45, 7) is 2.23. The SMILES string of the molecule is CCOC(=O)N(C)[C@@H]1CCCCCCc2cc(O)ccc2C1. The van der Waals surface area contributed by atoms with E-state index < -0.39 is 0 Å². The number of fused-ring (bicyclic) bond motifs is 1. The first kappa shape index (κ1) is 16.7. The van der Waals surface area contributed by atoms with Crippen molar-refractivity contribution >= 4 is 6.09 Å². The standard InChI is InChI=1S/C18H27NO3/c1-3-22-18(21)19(2)16-9-7-5-4-6-8-14-13-17(20)11-10-15(14)12-16/h10-11,13,16,20H,3-9,12H2,1-2H3/t16-/m1/s1. The molecule has 4 heteroatoms. The molecule has 1 aromatic carbocycles. The monoisotopic (exact) mass is 305 g/mol. The van der Waals surface area contributed by atoms with E-state index in [0.717, 1.165) is 32.1 Å². The van der Waals surface area contributed by atoms with Crippen molar-refractivity contribution in [3.05, 3.63) is 29.3 Å². The van der Waals surface area contributed by atoms with Crippen LogP contribution in [0.4, 0.5) is 4.79 Å². The minimum absolute atomic E-state index is 0.153. The zero-order valence-electron chi connectivity index (χ0n) is 13.7. The molecular formula is C18H27NO3. The molecule has 0 fully saturated rings. The lowest BCUT2D eigenvalue weighted by molar-refractivity contribution is 0.0988. The topological polar surface area (TPSA) is 49.8 Å². The van der Waals surface area contributed by atoms with Crippen molar-refractivity contribution in [3.8, 4) is 5.75 Å². The summed E-state index contributed by atoms with van der Waals surface area (Å²) in [5, 5.41) is 9.72. The zero-order valence-corrected chi connectivity index (χ0v) is 13.7. The van der Waals surface area contributed by atoms with Gasteiger partial charge in [-0.25, -0.2) is 4.79 Å². The number of benzene rings is 1. The Bertz CT molecular complexity index is 501. The second-order valence-corrected chi connectivity index (χ2v) is 6.07. The Morgan fingerprint density at radius 3 is 2.82 bits per heavy atom. The number of carbonyl (C=O) groups excluding carboxylic acids is 1. The van der Waals surface area contributed by atoms with E-state index >= 15 is 0 Å². The molecule has 0 heterocycles. The molecule has 0 bridgehead atoms. The van der Waals surface area contributed by atoms with E-state index in [-0.39, 0.29) is 12.1 Å². The number of carbonyl (C=O) groups is 1. The Balaban J connectivity index is 2.20. The van der Waals surface area contributed by atoms with Crippen LogP contribution >= 0.6 is 0 Å². The lowest BCUT2D eigenvalue weighted by atomic mass is 9.91. The van der Waals surface area contributed by atoms with E-state index in [0.29, 0.717) is 12.4 Å². The summed E-state index contributed by atoms with van der Waals surface area (Å²) in [5.74, 6) is 0.325. The largest absolute Gasteiger partial charge is 0.508 e. The molecule has 22 heavy (non-hydrogen) atoms. The van der Waals surface area contributed by atoms with Crippen molar-refractivity contribution in [2.24, 2.45) is 0 Å². The van der Waals surface area contributed by atoms with Crippen molar-refractivity contribution in [2.45, 2.75) is 57.9 Å². The van der Waals surface area contributed by atoms with Crippen LogP contribution in [0.2, 0.25) is 0 Å². The highest BCUT2D eigenvalue weighted by molar-refractivity contribution is 5.67. The predicted octanol–water partition coefficient (Wildman–Crippen LogP) is 3.90. The first-order chi connectivity index (χ1) is 10.6. The van der Waals surface area contributed by atoms with Gasteiger partial charge in [-0.05, 0) is 55.9 Å². The summed E-state index contributed by atoms with van der Waals surface area (Å²) < 4.78 is 5.14. The van der Waals surface area contributed by atoms with Gasteiger partial charge in [0.05, 0.1) is 6.61 Å². The van der Waals surface area contributed by atoms with Gasteiger partial charge in [-0.1, -0.05) is 25.3 Å². The van der Waals surface area contributed by atoms with E-state index in [2.05, 4.69) is 0 Å². The molecule has 2 rings (SSSR count). The summed E-state index contributed by atoms with van der Waals surface area (Å²) in [7, 11) is 1.83. The summed E-state index contributed by atoms with van der Waals surface area (Å²) in [6.07, 6.45) is 7.27. The van der Waals surface area contributed by atoms with Crippen LogP contribution in [-0.2, 0) is 17.6 Å². The van der Waals surface area contributed by atoms with E-state index in [9.17, 15) is 9.90 Å². The van der Waals surface area contributed by atoms with Crippen molar-refractivity contribution in [2.75, 3.05) is 13.7 Å². The normalized spacial score (nSPS) is 19.1. The highest BCUT2D eigenvalue weighted by Gasteiger charge is 2.22. The van der Waals surface area contributed by atoms with Gasteiger partial charge in [0.1, 0.15) is 5.75 Å². The van der Waals surface area contributed by atoms with Crippen molar-refractivity contribution in [3.63, 3.8) is 0 Å². The van der Waals surface area contributed by atoms with Gasteiger partial charge in [-0.2, -0.15) is 0 Å². The van der Waals surface area contributed by atoms with Crippen LogP contribution in [-0.4, -0.2) is 35.8 Å². The Hall–Kier alpha value is -1.71. The van der Waals surface area contributed by atoms with Crippen LogP contribution in [0.15, 0.2) is 18.2 Å². The first-order valence-electron chi connectivity index (χ1n) is 8.32. The third kappa shape index (κ3) is 4.39. The molecule has 1 N–H and O–H groups in total. The second-order valence-electron chi connectivity index (χ2n) is 6.07. The van der Waals surface area contributed by atoms with Gasteiger partial charge in [0, 0.05) is 13.1 Å². The number of phenolic OH excluding ortho intramolecular Hbond substituents is 1. The molecule has 0 radical (unpaired) electrons. The van der Waals surface area contributed by atoms with Gasteiger partial charge in [-0.3, -0.25) is 0 Å². The Morgan fingerprint density at radius 2 is 2.05 bits per heavy atom. The number of hydrogen-bond acceptors (Lipinski definition) is 3. The maximum absolute atomic E-state index is 12.0. The Labute approximate surface area is 133 Å². The van der Waals surface area contributed by atoms with Crippen LogP contribution in [0.1, 0.15) is 50.2 Å². The van der Waals surface area contributed by atoms with E-state index in [1.807, 2.05) is 26.1 Å². The predicted molar refractivity (Wildman–Crippen MR) is 87.2 cm³/mol. The smallest absolute Gasteiger partial charge is 0.409 e. The van der Waals surface area contributed by atoms with Gasteiger partial charge in [0.15, 0.2) is 0 Å². The summed E-state index contributed by atoms with van der Waals surface area (Å²) in [6, 6.07) is 5.77. The lowest BCUT2D eigenvalue weighted by Gasteiger charge is -2.29. The average Bonchev–Trinajstić information content (AvgIpc) is 2.51. The van der Waals surface area contributed by atoms with Crippen molar-refractivity contribution in [1.82, 2.24) is 4.90 Å². The van der Waals surface area contributed by atoms with Crippen LogP contribution in [0.25, 0.3) is 0 Å². The molecule has 1 aromatic rings. The summed E-state index contributed by atoms with van der Waals surface area (Å²) in [4.78, 5) is 13.8. The van der Waals surface area contributed by atoms with Crippen LogP contribution < -0.4 is 0 Å². The molecule has 1 aliphatic rings. The fourth-order valence-corrected chi connectivity index (χ4v) is 3.15. The van der Waals surface area contributed by atoms with Gasteiger partial charge in [-0.15, -0.1) is 0 Å². The van der Waals surface area contributed by atoms with E-state index in [1.54, 1.807) is 11.0 Å². The molecule has 1 amide bonds. The highest BCUT2D eigenvalue weighted by Crippen LogP contribution is 2.25. The molecule has 0 saturated heterocycles. The number of rotatable bonds is 2. The first-order valence-corrected chi connectivity index (χ1v) is 8.32. The molecule has 1 aliphatic carbocycles. The van der Waals surface area contributed by atoms with Crippen LogP contribution in [0.5, 0.6) is 5.75 Å². The third-order valence-corrected chi connectivity index (χ3v) is 4.48. The van der Waals surface area contributed by atoms with Gasteiger partial charge < -0.3 is 14.7 Å². The number of aryl methyl sites for hydroxylation is 1. The molecule has 0 aliphatic heterocycles. The van der Waals surface area contributed by atoms with Gasteiger partial charge >= 0.3 is 6.09 Å². The average molecular weight is 305 g/mol. The van der Waals surface area contributed by atoms with E-state index in [4.69, 9.17) is 4.74 Å². The summed E-state index contributed by atoms with van der Waals surface area (Å²) >= 11 is 0. The lowest BCUT2D eigenvalue weighted by Crippen LogP contribution is -2.39. The maximum atomic E-state index is 12.0. The quantitative estimate of drug-likeness (QED) is 0.901. The maximum Gasteiger partial charge on any atom is 0.409 e. The van der Waals surface area contributed by atoms with E-state index in [1.165, 1.54) is 24.0 Å². The summed E-state index contributed by atoms with van der Waals surface area (Å²) in [5.41, 5.74) is 2.45. The fourth-order valence-electron chi connectivity index (χ4n) is 3.15. The number of amides is 1. The van der Waals surface area contributed by atoms with Gasteiger partial charge in [0.25, 0.3) is 0 Å². The minimum Gasteiger partial charge on any atom is -0.508 e. The highest BCUT2D eigenvalue weighted by atomic mass is 16.6.